The minimum atomic E-state index is -1.48. The van der Waals surface area contributed by atoms with Crippen LogP contribution in [0.5, 0.6) is 0 Å². The fourth-order valence-electron chi connectivity index (χ4n) is 6.90. The van der Waals surface area contributed by atoms with E-state index in [9.17, 15) is 14.7 Å². The maximum Gasteiger partial charge on any atom is 0.319 e. The number of hydrogen-bond acceptors (Lipinski definition) is 5. The molecule has 2 rings (SSSR count). The molecular formula is C36H54O5. The summed E-state index contributed by atoms with van der Waals surface area (Å²) in [5.74, 6) is -2.21. The predicted molar refractivity (Wildman–Crippen MR) is 167 cm³/mol. The molecule has 1 fully saturated rings. The number of aliphatic hydroxyl groups is 1. The Balaban J connectivity index is 2.98. The summed E-state index contributed by atoms with van der Waals surface area (Å²) in [5.41, 5.74) is 0.999. The van der Waals surface area contributed by atoms with E-state index in [0.717, 1.165) is 29.6 Å². The van der Waals surface area contributed by atoms with Gasteiger partial charge in [0, 0.05) is 22.8 Å². The van der Waals surface area contributed by atoms with Gasteiger partial charge < -0.3 is 9.84 Å². The van der Waals surface area contributed by atoms with Crippen molar-refractivity contribution in [2.45, 2.75) is 108 Å². The third-order valence-electron chi connectivity index (χ3n) is 9.22. The quantitative estimate of drug-likeness (QED) is 0.153. The van der Waals surface area contributed by atoms with Gasteiger partial charge in [-0.2, -0.15) is 0 Å². The molecule has 1 N–H and O–H groups in total. The van der Waals surface area contributed by atoms with E-state index in [0.29, 0.717) is 5.57 Å². The molecule has 0 saturated heterocycles. The number of ether oxygens (including phenoxy) is 1. The highest BCUT2D eigenvalue weighted by Gasteiger charge is 2.70. The Labute approximate surface area is 248 Å². The van der Waals surface area contributed by atoms with Crippen LogP contribution in [0.1, 0.15) is 108 Å². The summed E-state index contributed by atoms with van der Waals surface area (Å²) in [5, 5.41) is 12.3. The first-order valence-electron chi connectivity index (χ1n) is 15.1. The first kappa shape index (κ1) is 34.5. The lowest BCUT2D eigenvalue weighted by Gasteiger charge is -2.60. The number of allylic oxidation sites excluding steroid dienone is 10. The van der Waals surface area contributed by atoms with Gasteiger partial charge in [0.1, 0.15) is 11.2 Å². The van der Waals surface area contributed by atoms with Crippen molar-refractivity contribution >= 4 is 17.5 Å². The Morgan fingerprint density at radius 1 is 0.951 bits per heavy atom. The van der Waals surface area contributed by atoms with Crippen molar-refractivity contribution < 1.29 is 24.2 Å². The molecule has 0 aromatic carbocycles. The summed E-state index contributed by atoms with van der Waals surface area (Å²) in [6.07, 6.45) is 10.6. The molecule has 1 saturated carbocycles. The number of methoxy groups -OCH3 is 1. The summed E-state index contributed by atoms with van der Waals surface area (Å²) in [6, 6.07) is 0. The molecule has 5 nitrogen and oxygen atoms in total. The van der Waals surface area contributed by atoms with Crippen LogP contribution in [0.2, 0.25) is 0 Å². The normalized spacial score (nSPS) is 27.3. The molecule has 0 aromatic rings. The smallest absolute Gasteiger partial charge is 0.319 e. The fraction of sp³-hybridized carbons (Fsp3) is 0.639. The van der Waals surface area contributed by atoms with Crippen LogP contribution in [0.3, 0.4) is 0 Å². The van der Waals surface area contributed by atoms with Crippen molar-refractivity contribution in [1.29, 1.82) is 0 Å². The summed E-state index contributed by atoms with van der Waals surface area (Å²) in [7, 11) is 1.33. The van der Waals surface area contributed by atoms with Crippen LogP contribution in [0.15, 0.2) is 57.9 Å². The topological polar surface area (TPSA) is 80.7 Å². The van der Waals surface area contributed by atoms with Gasteiger partial charge in [0.2, 0.25) is 0 Å². The highest BCUT2D eigenvalue weighted by Crippen LogP contribution is 2.66. The van der Waals surface area contributed by atoms with Gasteiger partial charge in [0.05, 0.1) is 12.5 Å². The lowest BCUT2D eigenvalue weighted by molar-refractivity contribution is -0.174. The van der Waals surface area contributed by atoms with Crippen molar-refractivity contribution in [3.8, 4) is 0 Å². The molecule has 0 amide bonds. The summed E-state index contributed by atoms with van der Waals surface area (Å²) < 4.78 is 5.38. The molecule has 4 atom stereocenters. The first-order valence-corrected chi connectivity index (χ1v) is 15.1. The van der Waals surface area contributed by atoms with E-state index >= 15 is 4.79 Å². The van der Waals surface area contributed by atoms with Crippen LogP contribution in [-0.4, -0.2) is 29.8 Å². The number of fused-ring (bicyclic) bond motifs is 2. The van der Waals surface area contributed by atoms with Crippen LogP contribution < -0.4 is 0 Å². The number of rotatable bonds is 11. The zero-order valence-corrected chi connectivity index (χ0v) is 27.7. The van der Waals surface area contributed by atoms with Crippen molar-refractivity contribution in [1.82, 2.24) is 0 Å². The number of Topliss-reactive ketones (excluding diaryl/α,β-unsaturated/α-hetero) is 2. The molecule has 0 heterocycles. The van der Waals surface area contributed by atoms with Gasteiger partial charge in [-0.1, -0.05) is 74.3 Å². The van der Waals surface area contributed by atoms with Crippen molar-refractivity contribution in [3.05, 3.63) is 57.9 Å². The molecule has 0 radical (unpaired) electrons. The van der Waals surface area contributed by atoms with Gasteiger partial charge in [-0.3, -0.25) is 14.4 Å². The third kappa shape index (κ3) is 6.54. The number of aliphatic hydroxyl groups excluding tert-OH is 1. The minimum absolute atomic E-state index is 0.150. The van der Waals surface area contributed by atoms with Gasteiger partial charge in [-0.05, 0) is 86.5 Å². The Kier molecular flexibility index (Phi) is 11.0. The van der Waals surface area contributed by atoms with Crippen LogP contribution in [0.4, 0.5) is 0 Å². The van der Waals surface area contributed by atoms with Crippen LogP contribution >= 0.6 is 0 Å². The van der Waals surface area contributed by atoms with Gasteiger partial charge in [-0.15, -0.1) is 0 Å². The Bertz CT molecular complexity index is 1190. The molecule has 228 valence electrons. The molecule has 0 aromatic heterocycles. The monoisotopic (exact) mass is 566 g/mol. The van der Waals surface area contributed by atoms with Crippen molar-refractivity contribution in [2.24, 2.45) is 34.0 Å². The molecule has 5 heteroatoms. The maximum absolute atomic E-state index is 15.2. The third-order valence-corrected chi connectivity index (χ3v) is 9.22. The second kappa shape index (κ2) is 13.1. The standard InChI is InChI=1S/C36H54O5/c1-22(2)14-13-15-26(9)17-18-35(33(40)41-12)21-28-27(20-24(5)6)36(32(35)39,19-16-23(3)4)31(38)29(34(28,10)11)30(37)25(7)8/h14,16-17,20,25,27-28,38H,13,15,18-19,21H2,1-12H3/b26-17+/t27-,28+,35-,36-/m0/s1. The Morgan fingerprint density at radius 2 is 1.54 bits per heavy atom. The van der Waals surface area contributed by atoms with Crippen LogP contribution in [0, 0.1) is 34.0 Å². The van der Waals surface area contributed by atoms with Gasteiger partial charge in [0.25, 0.3) is 0 Å². The highest BCUT2D eigenvalue weighted by atomic mass is 16.5. The zero-order chi connectivity index (χ0) is 31.5. The molecule has 2 aliphatic rings. The van der Waals surface area contributed by atoms with E-state index in [1.165, 1.54) is 12.7 Å². The van der Waals surface area contributed by atoms with E-state index in [1.807, 2.05) is 74.5 Å². The lowest BCUT2D eigenvalue weighted by Crippen LogP contribution is -2.64. The van der Waals surface area contributed by atoms with E-state index in [4.69, 9.17) is 4.74 Å². The Morgan fingerprint density at radius 3 is 2.02 bits per heavy atom. The minimum Gasteiger partial charge on any atom is -0.511 e. The molecule has 2 bridgehead atoms. The summed E-state index contributed by atoms with van der Waals surface area (Å²) in [6.45, 7) is 21.7. The molecule has 0 spiro atoms. The van der Waals surface area contributed by atoms with Crippen LogP contribution in [0.25, 0.3) is 0 Å². The molecular weight excluding hydrogens is 512 g/mol. The number of carbonyl (C=O) groups is 3. The van der Waals surface area contributed by atoms with Crippen molar-refractivity contribution in [3.63, 3.8) is 0 Å². The van der Waals surface area contributed by atoms with Crippen molar-refractivity contribution in [2.75, 3.05) is 7.11 Å². The number of ketones is 2. The van der Waals surface area contributed by atoms with Gasteiger partial charge in [0.15, 0.2) is 11.6 Å². The first-order chi connectivity index (χ1) is 18.9. The predicted octanol–water partition coefficient (Wildman–Crippen LogP) is 8.82. The molecule has 41 heavy (non-hydrogen) atoms. The lowest BCUT2D eigenvalue weighted by atomic mass is 9.41. The number of carbonyl (C=O) groups excluding carboxylic acids is 3. The molecule has 0 unspecified atom stereocenters. The van der Waals surface area contributed by atoms with Gasteiger partial charge in [-0.25, -0.2) is 0 Å². The second-order valence-corrected chi connectivity index (χ2v) is 14.0. The fourth-order valence-corrected chi connectivity index (χ4v) is 6.90. The van der Waals surface area contributed by atoms with E-state index in [1.54, 1.807) is 0 Å². The summed E-state index contributed by atoms with van der Waals surface area (Å²) in [4.78, 5) is 42.7. The van der Waals surface area contributed by atoms with E-state index < -0.39 is 22.2 Å². The molecule has 0 aliphatic heterocycles. The largest absolute Gasteiger partial charge is 0.511 e. The Hall–Kier alpha value is -2.69. The number of esters is 1. The number of hydrogen-bond donors (Lipinski definition) is 1. The van der Waals surface area contributed by atoms with Crippen LogP contribution in [-0.2, 0) is 19.1 Å². The summed E-state index contributed by atoms with van der Waals surface area (Å²) >= 11 is 0. The van der Waals surface area contributed by atoms with E-state index in [-0.39, 0.29) is 54.3 Å². The average Bonchev–Trinajstić information content (AvgIpc) is 2.86. The maximum atomic E-state index is 15.2. The second-order valence-electron chi connectivity index (χ2n) is 14.0. The van der Waals surface area contributed by atoms with E-state index in [2.05, 4.69) is 26.0 Å². The van der Waals surface area contributed by atoms with Gasteiger partial charge >= 0.3 is 5.97 Å². The SMILES string of the molecule is COC(=O)[C@@]1(C/C=C(\C)CCC=C(C)C)C[C@@H]2[C@H](C=C(C)C)[C@](CC=C(C)C)(C1=O)C(O)=C(C(=O)C(C)C)C2(C)C. The molecule has 2 aliphatic carbocycles. The highest BCUT2D eigenvalue weighted by molar-refractivity contribution is 6.11. The zero-order valence-electron chi connectivity index (χ0n) is 27.7. The average molecular weight is 567 g/mol.